The highest BCUT2D eigenvalue weighted by Crippen LogP contribution is 2.56. The van der Waals surface area contributed by atoms with Crippen LogP contribution in [0.5, 0.6) is 5.75 Å². The molecule has 1 aliphatic carbocycles. The first-order valence-electron chi connectivity index (χ1n) is 4.85. The Kier molecular flexibility index (Phi) is 2.47. The van der Waals surface area contributed by atoms with Crippen LogP contribution >= 0.6 is 15.9 Å². The van der Waals surface area contributed by atoms with Crippen LogP contribution in [0.2, 0.25) is 0 Å². The normalized spacial score (nSPS) is 28.3. The lowest BCUT2D eigenvalue weighted by molar-refractivity contribution is 0.404. The van der Waals surface area contributed by atoms with E-state index in [4.69, 9.17) is 10.00 Å². The third-order valence-electron chi connectivity index (χ3n) is 3.17. The number of hydrogen-bond donors (Lipinski definition) is 0. The van der Waals surface area contributed by atoms with Gasteiger partial charge >= 0.3 is 0 Å². The molecule has 0 aliphatic heterocycles. The average Bonchev–Trinajstić information content (AvgIpc) is 2.91. The van der Waals surface area contributed by atoms with E-state index in [0.717, 1.165) is 22.2 Å². The van der Waals surface area contributed by atoms with Crippen molar-refractivity contribution in [2.45, 2.75) is 18.8 Å². The largest absolute Gasteiger partial charge is 0.496 e. The molecule has 1 saturated carbocycles. The van der Waals surface area contributed by atoms with Gasteiger partial charge in [-0.1, -0.05) is 22.9 Å². The third-order valence-corrected chi connectivity index (χ3v) is 3.66. The van der Waals surface area contributed by atoms with E-state index in [1.54, 1.807) is 7.11 Å². The van der Waals surface area contributed by atoms with E-state index in [1.807, 2.05) is 12.1 Å². The minimum atomic E-state index is -0.0239. The fraction of sp³-hybridized carbons (Fsp3) is 0.417. The van der Waals surface area contributed by atoms with Crippen LogP contribution in [0.4, 0.5) is 0 Å². The van der Waals surface area contributed by atoms with Crippen LogP contribution in [0.1, 0.15) is 18.9 Å². The van der Waals surface area contributed by atoms with Crippen molar-refractivity contribution in [1.29, 1.82) is 5.26 Å². The zero-order valence-electron chi connectivity index (χ0n) is 8.75. The Morgan fingerprint density at radius 1 is 1.60 bits per heavy atom. The molecule has 1 aromatic carbocycles. The highest BCUT2D eigenvalue weighted by atomic mass is 79.9. The first-order chi connectivity index (χ1) is 7.11. The van der Waals surface area contributed by atoms with Crippen molar-refractivity contribution < 1.29 is 4.74 Å². The van der Waals surface area contributed by atoms with Gasteiger partial charge in [-0.15, -0.1) is 0 Å². The molecule has 2 nitrogen and oxygen atoms in total. The highest BCUT2D eigenvalue weighted by molar-refractivity contribution is 9.10. The van der Waals surface area contributed by atoms with Crippen molar-refractivity contribution in [3.05, 3.63) is 28.2 Å². The molecule has 0 radical (unpaired) electrons. The van der Waals surface area contributed by atoms with Crippen molar-refractivity contribution in [3.63, 3.8) is 0 Å². The Morgan fingerprint density at radius 3 is 2.87 bits per heavy atom. The van der Waals surface area contributed by atoms with Crippen LogP contribution in [-0.2, 0) is 5.41 Å². The Bertz CT molecular complexity index is 438. The molecule has 0 spiro atoms. The third kappa shape index (κ3) is 1.63. The van der Waals surface area contributed by atoms with Crippen molar-refractivity contribution in [2.24, 2.45) is 5.92 Å². The van der Waals surface area contributed by atoms with Crippen LogP contribution in [0, 0.1) is 17.2 Å². The summed E-state index contributed by atoms with van der Waals surface area (Å²) in [7, 11) is 1.67. The lowest BCUT2D eigenvalue weighted by atomic mass is 9.95. The van der Waals surface area contributed by atoms with E-state index in [-0.39, 0.29) is 11.3 Å². The van der Waals surface area contributed by atoms with Gasteiger partial charge in [0.05, 0.1) is 19.1 Å². The second-order valence-corrected chi connectivity index (χ2v) is 5.06. The molecule has 15 heavy (non-hydrogen) atoms. The lowest BCUT2D eigenvalue weighted by Gasteiger charge is -2.14. The molecule has 0 saturated heterocycles. The molecule has 2 atom stereocenters. The molecule has 1 aromatic rings. The maximum atomic E-state index is 8.93. The molecule has 1 aliphatic rings. The molecule has 3 heteroatoms. The van der Waals surface area contributed by atoms with Gasteiger partial charge in [0.1, 0.15) is 5.75 Å². The topological polar surface area (TPSA) is 33.0 Å². The fourth-order valence-corrected chi connectivity index (χ4v) is 2.34. The van der Waals surface area contributed by atoms with Gasteiger partial charge in [-0.3, -0.25) is 0 Å². The summed E-state index contributed by atoms with van der Waals surface area (Å²) in [6.07, 6.45) is 0.927. The number of rotatable bonds is 2. The van der Waals surface area contributed by atoms with E-state index in [0.29, 0.717) is 0 Å². The van der Waals surface area contributed by atoms with Crippen LogP contribution in [0.25, 0.3) is 0 Å². The van der Waals surface area contributed by atoms with Crippen molar-refractivity contribution in [3.8, 4) is 11.8 Å². The number of halogens is 1. The van der Waals surface area contributed by atoms with Gasteiger partial charge in [-0.2, -0.15) is 5.26 Å². The number of benzene rings is 1. The summed E-state index contributed by atoms with van der Waals surface area (Å²) in [5.74, 6) is 0.999. The van der Waals surface area contributed by atoms with E-state index in [2.05, 4.69) is 35.0 Å². The second kappa shape index (κ2) is 3.53. The zero-order chi connectivity index (χ0) is 11.1. The molecule has 2 rings (SSSR count). The summed E-state index contributed by atoms with van der Waals surface area (Å²) >= 11 is 3.45. The van der Waals surface area contributed by atoms with Gasteiger partial charge in [0.25, 0.3) is 0 Å². The average molecular weight is 266 g/mol. The Hall–Kier alpha value is -1.01. The maximum Gasteiger partial charge on any atom is 0.122 e. The summed E-state index contributed by atoms with van der Waals surface area (Å²) in [5, 5.41) is 8.93. The number of ether oxygens (including phenoxy) is 1. The standard InChI is InChI=1S/C12H12BrNO/c1-12(6-8(12)7-14)10-5-9(13)3-4-11(10)15-2/h3-5,8H,6H2,1-2H3. The molecule has 0 heterocycles. The van der Waals surface area contributed by atoms with Crippen molar-refractivity contribution in [1.82, 2.24) is 0 Å². The Balaban J connectivity index is 2.45. The van der Waals surface area contributed by atoms with E-state index >= 15 is 0 Å². The summed E-state index contributed by atoms with van der Waals surface area (Å²) in [6, 6.07) is 8.28. The van der Waals surface area contributed by atoms with Gasteiger partial charge in [0.15, 0.2) is 0 Å². The van der Waals surface area contributed by atoms with E-state index in [9.17, 15) is 0 Å². The lowest BCUT2D eigenvalue weighted by Crippen LogP contribution is -2.06. The van der Waals surface area contributed by atoms with E-state index in [1.165, 1.54) is 0 Å². The van der Waals surface area contributed by atoms with Gasteiger partial charge in [-0.05, 0) is 24.6 Å². The monoisotopic (exact) mass is 265 g/mol. The number of hydrogen-bond acceptors (Lipinski definition) is 2. The minimum Gasteiger partial charge on any atom is -0.496 e. The van der Waals surface area contributed by atoms with Crippen molar-refractivity contribution in [2.75, 3.05) is 7.11 Å². The molecular weight excluding hydrogens is 254 g/mol. The maximum absolute atomic E-state index is 8.93. The van der Waals surface area contributed by atoms with E-state index < -0.39 is 0 Å². The Labute approximate surface area is 98.0 Å². The van der Waals surface area contributed by atoms with Gasteiger partial charge in [0.2, 0.25) is 0 Å². The molecule has 0 amide bonds. The zero-order valence-corrected chi connectivity index (χ0v) is 10.3. The summed E-state index contributed by atoms with van der Waals surface area (Å²) in [4.78, 5) is 0. The summed E-state index contributed by atoms with van der Waals surface area (Å²) in [5.41, 5.74) is 1.11. The quantitative estimate of drug-likeness (QED) is 0.823. The predicted octanol–water partition coefficient (Wildman–Crippen LogP) is 3.26. The smallest absolute Gasteiger partial charge is 0.122 e. The molecule has 0 bridgehead atoms. The summed E-state index contributed by atoms with van der Waals surface area (Å²) < 4.78 is 6.36. The predicted molar refractivity (Wildman–Crippen MR) is 61.8 cm³/mol. The van der Waals surface area contributed by atoms with Crippen LogP contribution in [0.15, 0.2) is 22.7 Å². The van der Waals surface area contributed by atoms with Crippen LogP contribution < -0.4 is 4.74 Å². The van der Waals surface area contributed by atoms with Crippen LogP contribution in [-0.4, -0.2) is 7.11 Å². The SMILES string of the molecule is COc1ccc(Br)cc1C1(C)CC1C#N. The second-order valence-electron chi connectivity index (χ2n) is 4.15. The molecule has 0 N–H and O–H groups in total. The van der Waals surface area contributed by atoms with Gasteiger partial charge in [0, 0.05) is 15.5 Å². The Morgan fingerprint density at radius 2 is 2.33 bits per heavy atom. The van der Waals surface area contributed by atoms with Gasteiger partial charge in [-0.25, -0.2) is 0 Å². The molecule has 1 fully saturated rings. The first kappa shape index (κ1) is 10.5. The fourth-order valence-electron chi connectivity index (χ4n) is 1.98. The molecule has 0 aromatic heterocycles. The molecule has 78 valence electrons. The molecule has 2 unspecified atom stereocenters. The molecular formula is C12H12BrNO. The first-order valence-corrected chi connectivity index (χ1v) is 5.65. The van der Waals surface area contributed by atoms with Gasteiger partial charge < -0.3 is 4.74 Å². The number of nitrogens with zero attached hydrogens (tertiary/aromatic N) is 1. The van der Waals surface area contributed by atoms with Crippen molar-refractivity contribution >= 4 is 15.9 Å². The van der Waals surface area contributed by atoms with Crippen LogP contribution in [0.3, 0.4) is 0 Å². The number of nitriles is 1. The minimum absolute atomic E-state index is 0.0239. The summed E-state index contributed by atoms with van der Waals surface area (Å²) in [6.45, 7) is 2.12. The highest BCUT2D eigenvalue weighted by Gasteiger charge is 2.53. The number of methoxy groups -OCH3 is 1.